The molecule has 0 radical (unpaired) electrons. The van der Waals surface area contributed by atoms with Crippen molar-refractivity contribution in [2.45, 2.75) is 32.2 Å². The van der Waals surface area contributed by atoms with Gasteiger partial charge in [0.15, 0.2) is 0 Å². The molecule has 0 spiro atoms. The summed E-state index contributed by atoms with van der Waals surface area (Å²) in [6.45, 7) is 8.54. The van der Waals surface area contributed by atoms with E-state index < -0.39 is 0 Å². The van der Waals surface area contributed by atoms with Gasteiger partial charge in [-0.3, -0.25) is 0 Å². The molecule has 0 saturated heterocycles. The topological polar surface area (TPSA) is 12.0 Å². The average Bonchev–Trinajstić information content (AvgIpc) is 2.77. The van der Waals surface area contributed by atoms with E-state index in [-0.39, 0.29) is 0 Å². The van der Waals surface area contributed by atoms with Crippen LogP contribution in [0.25, 0.3) is 0 Å². The molecule has 1 heterocycles. The molecule has 0 unspecified atom stereocenters. The summed E-state index contributed by atoms with van der Waals surface area (Å²) in [5, 5.41) is 3.51. The lowest BCUT2D eigenvalue weighted by Crippen LogP contribution is -2.15. The molecule has 0 saturated carbocycles. The minimum Gasteiger partial charge on any atom is -0.311 e. The Kier molecular flexibility index (Phi) is 5.49. The van der Waals surface area contributed by atoms with Gasteiger partial charge in [0.2, 0.25) is 0 Å². The lowest BCUT2D eigenvalue weighted by Gasteiger charge is -2.07. The Morgan fingerprint density at radius 2 is 1.95 bits per heavy atom. The minimum atomic E-state index is 0.992. The van der Waals surface area contributed by atoms with E-state index in [9.17, 15) is 0 Å². The van der Waals surface area contributed by atoms with Crippen molar-refractivity contribution in [1.82, 2.24) is 5.32 Å². The highest BCUT2D eigenvalue weighted by atomic mass is 32.2. The molecule has 0 aliphatic carbocycles. The Bertz CT molecular complexity index is 531. The van der Waals surface area contributed by atoms with Crippen LogP contribution in [-0.2, 0) is 6.54 Å². The molecule has 1 aromatic heterocycles. The fourth-order valence-corrected chi connectivity index (χ4v) is 3.76. The van der Waals surface area contributed by atoms with Crippen LogP contribution < -0.4 is 5.32 Å². The van der Waals surface area contributed by atoms with E-state index >= 15 is 0 Å². The third-order valence-electron chi connectivity index (χ3n) is 2.96. The van der Waals surface area contributed by atoms with Crippen LogP contribution in [-0.4, -0.2) is 12.3 Å². The Balaban J connectivity index is 1.69. The quantitative estimate of drug-likeness (QED) is 0.619. The highest BCUT2D eigenvalue weighted by Crippen LogP contribution is 2.22. The van der Waals surface area contributed by atoms with Crippen molar-refractivity contribution in [3.63, 3.8) is 0 Å². The van der Waals surface area contributed by atoms with Crippen molar-refractivity contribution in [3.05, 3.63) is 51.2 Å². The number of hydrogen-bond acceptors (Lipinski definition) is 3. The van der Waals surface area contributed by atoms with Crippen molar-refractivity contribution >= 4 is 23.1 Å². The fourth-order valence-electron chi connectivity index (χ4n) is 1.99. The summed E-state index contributed by atoms with van der Waals surface area (Å²) >= 11 is 3.81. The number of thiophene rings is 1. The predicted octanol–water partition coefficient (Wildman–Crippen LogP) is 4.56. The van der Waals surface area contributed by atoms with Gasteiger partial charge < -0.3 is 5.32 Å². The van der Waals surface area contributed by atoms with E-state index in [0.29, 0.717) is 0 Å². The smallest absolute Gasteiger partial charge is 0.0300 e. The molecule has 0 amide bonds. The lowest BCUT2D eigenvalue weighted by molar-refractivity contribution is 0.741. The van der Waals surface area contributed by atoms with Crippen LogP contribution >= 0.6 is 23.1 Å². The Hall–Kier alpha value is -0.770. The minimum absolute atomic E-state index is 0.992. The van der Waals surface area contributed by atoms with Gasteiger partial charge in [0.1, 0.15) is 0 Å². The van der Waals surface area contributed by atoms with Crippen molar-refractivity contribution in [2.24, 2.45) is 0 Å². The van der Waals surface area contributed by atoms with Crippen molar-refractivity contribution in [3.8, 4) is 0 Å². The first kappa shape index (κ1) is 14.6. The van der Waals surface area contributed by atoms with Crippen LogP contribution in [0.3, 0.4) is 0 Å². The number of hydrogen-bond donors (Lipinski definition) is 1. The molecular formula is C16H21NS2. The first-order chi connectivity index (χ1) is 9.15. The van der Waals surface area contributed by atoms with Crippen LogP contribution in [0.15, 0.2) is 35.2 Å². The molecule has 1 aromatic carbocycles. The van der Waals surface area contributed by atoms with Crippen LogP contribution in [0, 0.1) is 20.8 Å². The van der Waals surface area contributed by atoms with Gasteiger partial charge in [-0.1, -0.05) is 17.7 Å². The van der Waals surface area contributed by atoms with E-state index in [1.165, 1.54) is 25.8 Å². The largest absolute Gasteiger partial charge is 0.311 e. The SMILES string of the molecule is Cc1ccc(SCCNCc2ccc(C)s2)c(C)c1. The van der Waals surface area contributed by atoms with E-state index in [1.54, 1.807) is 0 Å². The summed E-state index contributed by atoms with van der Waals surface area (Å²) < 4.78 is 0. The van der Waals surface area contributed by atoms with Gasteiger partial charge in [0.05, 0.1) is 0 Å². The second kappa shape index (κ2) is 7.13. The summed E-state index contributed by atoms with van der Waals surface area (Å²) in [5.74, 6) is 1.12. The molecule has 19 heavy (non-hydrogen) atoms. The van der Waals surface area contributed by atoms with Gasteiger partial charge in [0, 0.05) is 33.5 Å². The first-order valence-electron chi connectivity index (χ1n) is 6.61. The maximum Gasteiger partial charge on any atom is 0.0300 e. The van der Waals surface area contributed by atoms with Gasteiger partial charge in [-0.05, 0) is 44.5 Å². The predicted molar refractivity (Wildman–Crippen MR) is 87.4 cm³/mol. The van der Waals surface area contributed by atoms with E-state index in [1.807, 2.05) is 23.1 Å². The standard InChI is InChI=1S/C16H21NS2/c1-12-4-7-16(13(2)10-12)18-9-8-17-11-15-6-5-14(3)19-15/h4-7,10,17H,8-9,11H2,1-3H3. The fraction of sp³-hybridized carbons (Fsp3) is 0.375. The molecule has 0 bridgehead atoms. The molecule has 0 atom stereocenters. The molecule has 0 aliphatic heterocycles. The first-order valence-corrected chi connectivity index (χ1v) is 8.41. The van der Waals surface area contributed by atoms with Crippen molar-refractivity contribution in [2.75, 3.05) is 12.3 Å². The Labute approximate surface area is 124 Å². The molecule has 2 rings (SSSR count). The van der Waals surface area contributed by atoms with E-state index in [2.05, 4.69) is 56.4 Å². The molecule has 3 heteroatoms. The zero-order valence-electron chi connectivity index (χ0n) is 11.8. The van der Waals surface area contributed by atoms with Gasteiger partial charge in [-0.2, -0.15) is 0 Å². The maximum absolute atomic E-state index is 3.51. The second-order valence-corrected chi connectivity index (χ2v) is 7.32. The Morgan fingerprint density at radius 1 is 1.11 bits per heavy atom. The molecular weight excluding hydrogens is 270 g/mol. The third kappa shape index (κ3) is 4.68. The maximum atomic E-state index is 3.51. The summed E-state index contributed by atoms with van der Waals surface area (Å²) in [5.41, 5.74) is 2.73. The third-order valence-corrected chi connectivity index (χ3v) is 5.14. The van der Waals surface area contributed by atoms with Crippen LogP contribution in [0.2, 0.25) is 0 Å². The van der Waals surface area contributed by atoms with Crippen LogP contribution in [0.5, 0.6) is 0 Å². The van der Waals surface area contributed by atoms with Gasteiger partial charge >= 0.3 is 0 Å². The zero-order chi connectivity index (χ0) is 13.7. The number of aryl methyl sites for hydroxylation is 3. The number of nitrogens with one attached hydrogen (secondary N) is 1. The number of thioether (sulfide) groups is 1. The zero-order valence-corrected chi connectivity index (χ0v) is 13.5. The average molecular weight is 291 g/mol. The monoisotopic (exact) mass is 291 g/mol. The summed E-state index contributed by atoms with van der Waals surface area (Å²) in [4.78, 5) is 4.22. The van der Waals surface area contributed by atoms with Crippen molar-refractivity contribution < 1.29 is 0 Å². The normalized spacial score (nSPS) is 10.9. The molecule has 102 valence electrons. The highest BCUT2D eigenvalue weighted by Gasteiger charge is 2.00. The highest BCUT2D eigenvalue weighted by molar-refractivity contribution is 7.99. The van der Waals surface area contributed by atoms with Crippen LogP contribution in [0.1, 0.15) is 20.9 Å². The molecule has 1 N–H and O–H groups in total. The van der Waals surface area contributed by atoms with Gasteiger partial charge in [-0.25, -0.2) is 0 Å². The van der Waals surface area contributed by atoms with Gasteiger partial charge in [-0.15, -0.1) is 23.1 Å². The second-order valence-electron chi connectivity index (χ2n) is 4.81. The summed E-state index contributed by atoms with van der Waals surface area (Å²) in [6, 6.07) is 11.1. The van der Waals surface area contributed by atoms with Crippen LogP contribution in [0.4, 0.5) is 0 Å². The Morgan fingerprint density at radius 3 is 2.63 bits per heavy atom. The van der Waals surface area contributed by atoms with E-state index in [0.717, 1.165) is 18.8 Å². The summed E-state index contributed by atoms with van der Waals surface area (Å²) in [6.07, 6.45) is 0. The van der Waals surface area contributed by atoms with E-state index in [4.69, 9.17) is 0 Å². The molecule has 2 aromatic rings. The molecule has 0 aliphatic rings. The van der Waals surface area contributed by atoms with Crippen molar-refractivity contribution in [1.29, 1.82) is 0 Å². The number of rotatable bonds is 6. The summed E-state index contributed by atoms with van der Waals surface area (Å²) in [7, 11) is 0. The lowest BCUT2D eigenvalue weighted by atomic mass is 10.2. The number of benzene rings is 1. The molecule has 0 fully saturated rings. The van der Waals surface area contributed by atoms with Gasteiger partial charge in [0.25, 0.3) is 0 Å². The molecule has 1 nitrogen and oxygen atoms in total.